The molecule has 5 nitrogen and oxygen atoms in total. The average molecular weight is 238 g/mol. The number of phenolic OH excluding ortho intramolecular Hbond substituents is 1. The Bertz CT molecular complexity index is 391. The molecule has 0 unspecified atom stereocenters. The third-order valence-electron chi connectivity index (χ3n) is 2.13. The number of nitrogens with one attached hydrogen (secondary N) is 1. The van der Waals surface area contributed by atoms with Gasteiger partial charge in [-0.05, 0) is 32.0 Å². The molecule has 0 fully saturated rings. The van der Waals surface area contributed by atoms with Gasteiger partial charge >= 0.3 is 0 Å². The number of nitrogens with two attached hydrogens (primary N) is 1. The van der Waals surface area contributed by atoms with Gasteiger partial charge in [0, 0.05) is 12.1 Å². The Morgan fingerprint density at radius 1 is 1.53 bits per heavy atom. The summed E-state index contributed by atoms with van der Waals surface area (Å²) >= 11 is 0. The molecule has 0 aromatic heterocycles. The SMILES string of the molecule is CC(C)OCCNC(=O)c1ccc(N)c(O)c1. The van der Waals surface area contributed by atoms with Crippen LogP contribution in [0.5, 0.6) is 5.75 Å². The van der Waals surface area contributed by atoms with Crippen molar-refractivity contribution in [1.82, 2.24) is 5.32 Å². The minimum atomic E-state index is -0.257. The number of rotatable bonds is 5. The number of amides is 1. The largest absolute Gasteiger partial charge is 0.506 e. The fourth-order valence-electron chi connectivity index (χ4n) is 1.25. The van der Waals surface area contributed by atoms with Gasteiger partial charge in [0.25, 0.3) is 5.91 Å². The first-order valence-electron chi connectivity index (χ1n) is 5.49. The summed E-state index contributed by atoms with van der Waals surface area (Å²) in [5.74, 6) is -0.344. The van der Waals surface area contributed by atoms with Crippen LogP contribution < -0.4 is 11.1 Å². The molecule has 1 aromatic rings. The van der Waals surface area contributed by atoms with Crippen LogP contribution in [0.3, 0.4) is 0 Å². The van der Waals surface area contributed by atoms with Crippen molar-refractivity contribution in [1.29, 1.82) is 0 Å². The zero-order chi connectivity index (χ0) is 12.8. The van der Waals surface area contributed by atoms with E-state index < -0.39 is 0 Å². The summed E-state index contributed by atoms with van der Waals surface area (Å²) in [6.45, 7) is 4.76. The fourth-order valence-corrected chi connectivity index (χ4v) is 1.25. The van der Waals surface area contributed by atoms with Crippen LogP contribution in [0.25, 0.3) is 0 Å². The Kier molecular flexibility index (Phi) is 4.78. The predicted octanol–water partition coefficient (Wildman–Crippen LogP) is 1.13. The Morgan fingerprint density at radius 3 is 2.82 bits per heavy atom. The molecule has 0 spiro atoms. The molecule has 4 N–H and O–H groups in total. The van der Waals surface area contributed by atoms with Gasteiger partial charge in [-0.1, -0.05) is 0 Å². The second-order valence-electron chi connectivity index (χ2n) is 3.95. The summed E-state index contributed by atoms with van der Waals surface area (Å²) in [6, 6.07) is 4.40. The Morgan fingerprint density at radius 2 is 2.24 bits per heavy atom. The van der Waals surface area contributed by atoms with Crippen LogP contribution in [0, 0.1) is 0 Å². The molecule has 17 heavy (non-hydrogen) atoms. The number of carbonyl (C=O) groups is 1. The normalized spacial score (nSPS) is 10.5. The lowest BCUT2D eigenvalue weighted by Gasteiger charge is -2.09. The number of nitrogen functional groups attached to an aromatic ring is 1. The van der Waals surface area contributed by atoms with Gasteiger partial charge in [0.1, 0.15) is 5.75 Å². The van der Waals surface area contributed by atoms with Crippen LogP contribution >= 0.6 is 0 Å². The van der Waals surface area contributed by atoms with Gasteiger partial charge in [0.2, 0.25) is 0 Å². The van der Waals surface area contributed by atoms with Gasteiger partial charge in [-0.2, -0.15) is 0 Å². The second-order valence-corrected chi connectivity index (χ2v) is 3.95. The molecule has 0 radical (unpaired) electrons. The third-order valence-corrected chi connectivity index (χ3v) is 2.13. The van der Waals surface area contributed by atoms with Gasteiger partial charge in [-0.15, -0.1) is 0 Å². The lowest BCUT2D eigenvalue weighted by atomic mass is 10.2. The number of hydrogen-bond donors (Lipinski definition) is 3. The summed E-state index contributed by atoms with van der Waals surface area (Å²) in [4.78, 5) is 11.6. The number of ether oxygens (including phenoxy) is 1. The van der Waals surface area contributed by atoms with Crippen molar-refractivity contribution >= 4 is 11.6 Å². The highest BCUT2D eigenvalue weighted by Gasteiger charge is 2.07. The molecule has 0 heterocycles. The van der Waals surface area contributed by atoms with Crippen molar-refractivity contribution in [2.24, 2.45) is 0 Å². The van der Waals surface area contributed by atoms with Crippen LogP contribution in [0.15, 0.2) is 18.2 Å². The van der Waals surface area contributed by atoms with Crippen LogP contribution in [-0.2, 0) is 4.74 Å². The number of benzene rings is 1. The average Bonchev–Trinajstić information content (AvgIpc) is 2.27. The van der Waals surface area contributed by atoms with Crippen molar-refractivity contribution in [3.05, 3.63) is 23.8 Å². The molecule has 0 aliphatic heterocycles. The first-order valence-corrected chi connectivity index (χ1v) is 5.49. The number of anilines is 1. The predicted molar refractivity (Wildman–Crippen MR) is 65.9 cm³/mol. The molecule has 1 aromatic carbocycles. The van der Waals surface area contributed by atoms with Crippen molar-refractivity contribution in [2.75, 3.05) is 18.9 Å². The highest BCUT2D eigenvalue weighted by Crippen LogP contribution is 2.20. The number of aromatic hydroxyl groups is 1. The van der Waals surface area contributed by atoms with Crippen LogP contribution in [-0.4, -0.2) is 30.3 Å². The molecule has 0 saturated heterocycles. The molecular formula is C12H18N2O3. The van der Waals surface area contributed by atoms with Gasteiger partial charge < -0.3 is 20.9 Å². The Balaban J connectivity index is 2.44. The zero-order valence-electron chi connectivity index (χ0n) is 10.1. The monoisotopic (exact) mass is 238 g/mol. The molecule has 0 atom stereocenters. The molecule has 0 aliphatic carbocycles. The maximum absolute atomic E-state index is 11.6. The lowest BCUT2D eigenvalue weighted by Crippen LogP contribution is -2.28. The molecule has 0 saturated carbocycles. The molecular weight excluding hydrogens is 220 g/mol. The molecule has 1 amide bonds. The minimum absolute atomic E-state index is 0.0870. The summed E-state index contributed by atoms with van der Waals surface area (Å²) < 4.78 is 5.29. The van der Waals surface area contributed by atoms with E-state index in [1.807, 2.05) is 13.8 Å². The maximum atomic E-state index is 11.6. The van der Waals surface area contributed by atoms with Gasteiger partial charge in [0.05, 0.1) is 18.4 Å². The first kappa shape index (κ1) is 13.3. The van der Waals surface area contributed by atoms with E-state index >= 15 is 0 Å². The van der Waals surface area contributed by atoms with E-state index in [0.717, 1.165) is 0 Å². The minimum Gasteiger partial charge on any atom is -0.506 e. The molecule has 1 rings (SSSR count). The van der Waals surface area contributed by atoms with Crippen molar-refractivity contribution in [3.8, 4) is 5.75 Å². The van der Waals surface area contributed by atoms with Gasteiger partial charge in [0.15, 0.2) is 0 Å². The Hall–Kier alpha value is -1.75. The van der Waals surface area contributed by atoms with E-state index in [0.29, 0.717) is 18.7 Å². The third kappa shape index (κ3) is 4.32. The zero-order valence-corrected chi connectivity index (χ0v) is 10.1. The van der Waals surface area contributed by atoms with Gasteiger partial charge in [-0.25, -0.2) is 0 Å². The quantitative estimate of drug-likeness (QED) is 0.408. The van der Waals surface area contributed by atoms with Crippen LogP contribution in [0.1, 0.15) is 24.2 Å². The highest BCUT2D eigenvalue weighted by atomic mass is 16.5. The summed E-state index contributed by atoms with van der Waals surface area (Å²) in [7, 11) is 0. The van der Waals surface area contributed by atoms with E-state index in [-0.39, 0.29) is 23.4 Å². The molecule has 5 heteroatoms. The number of hydrogen-bond acceptors (Lipinski definition) is 4. The fraction of sp³-hybridized carbons (Fsp3) is 0.417. The lowest BCUT2D eigenvalue weighted by molar-refractivity contribution is 0.0746. The van der Waals surface area contributed by atoms with Crippen LogP contribution in [0.2, 0.25) is 0 Å². The smallest absolute Gasteiger partial charge is 0.251 e. The second kappa shape index (κ2) is 6.10. The van der Waals surface area contributed by atoms with E-state index in [1.165, 1.54) is 12.1 Å². The van der Waals surface area contributed by atoms with E-state index in [4.69, 9.17) is 10.5 Å². The maximum Gasteiger partial charge on any atom is 0.251 e. The summed E-state index contributed by atoms with van der Waals surface area (Å²) in [5.41, 5.74) is 6.07. The summed E-state index contributed by atoms with van der Waals surface area (Å²) in [5, 5.41) is 12.0. The van der Waals surface area contributed by atoms with Gasteiger partial charge in [-0.3, -0.25) is 4.79 Å². The highest BCUT2D eigenvalue weighted by molar-refractivity contribution is 5.95. The topological polar surface area (TPSA) is 84.6 Å². The number of phenols is 1. The number of carbonyl (C=O) groups excluding carboxylic acids is 1. The molecule has 0 bridgehead atoms. The van der Waals surface area contributed by atoms with Crippen molar-refractivity contribution in [3.63, 3.8) is 0 Å². The molecule has 94 valence electrons. The first-order chi connectivity index (χ1) is 8.00. The summed E-state index contributed by atoms with van der Waals surface area (Å²) in [6.07, 6.45) is 0.146. The van der Waals surface area contributed by atoms with E-state index in [1.54, 1.807) is 6.07 Å². The molecule has 0 aliphatic rings. The van der Waals surface area contributed by atoms with Crippen molar-refractivity contribution in [2.45, 2.75) is 20.0 Å². The van der Waals surface area contributed by atoms with Crippen LogP contribution in [0.4, 0.5) is 5.69 Å². The Labute approximate surface area is 101 Å². The standard InChI is InChI=1S/C12H18N2O3/c1-8(2)17-6-5-14-12(16)9-3-4-10(13)11(15)7-9/h3-4,7-8,15H,5-6,13H2,1-2H3,(H,14,16). The van der Waals surface area contributed by atoms with Crippen molar-refractivity contribution < 1.29 is 14.6 Å². The van der Waals surface area contributed by atoms with E-state index in [2.05, 4.69) is 5.32 Å². The van der Waals surface area contributed by atoms with E-state index in [9.17, 15) is 9.90 Å².